The molecule has 0 atom stereocenters. The van der Waals surface area contributed by atoms with E-state index in [1.54, 1.807) is 30.5 Å². The lowest BCUT2D eigenvalue weighted by atomic mass is 10.1. The van der Waals surface area contributed by atoms with Crippen LogP contribution in [0.3, 0.4) is 0 Å². The molecule has 0 aliphatic heterocycles. The number of aromatic nitrogens is 1. The Bertz CT molecular complexity index is 792. The Hall–Kier alpha value is -1.77. The molecule has 4 heteroatoms. The number of rotatable bonds is 3. The predicted molar refractivity (Wildman–Crippen MR) is 82.7 cm³/mol. The SMILES string of the molecule is O=C(Cn1cc(Cl)c2ccccc21)c1ccccc1Cl. The Morgan fingerprint density at radius 1 is 0.950 bits per heavy atom. The molecule has 1 aromatic heterocycles. The van der Waals surface area contributed by atoms with E-state index in [1.165, 1.54) is 0 Å². The van der Waals surface area contributed by atoms with Crippen LogP contribution in [-0.2, 0) is 6.54 Å². The number of nitrogens with zero attached hydrogens (tertiary/aromatic N) is 1. The lowest BCUT2D eigenvalue weighted by molar-refractivity contribution is 0.0974. The smallest absolute Gasteiger partial charge is 0.183 e. The number of Topliss-reactive ketones (excluding diaryl/α,β-unsaturated/α-hetero) is 1. The minimum absolute atomic E-state index is 0.0342. The number of benzene rings is 2. The summed E-state index contributed by atoms with van der Waals surface area (Å²) in [5.41, 5.74) is 1.47. The monoisotopic (exact) mass is 303 g/mol. The van der Waals surface area contributed by atoms with Crippen LogP contribution in [0.2, 0.25) is 10.0 Å². The van der Waals surface area contributed by atoms with Gasteiger partial charge in [0.2, 0.25) is 0 Å². The first-order valence-corrected chi connectivity index (χ1v) is 6.93. The van der Waals surface area contributed by atoms with E-state index < -0.39 is 0 Å². The average Bonchev–Trinajstić information content (AvgIpc) is 2.76. The third-order valence-electron chi connectivity index (χ3n) is 3.23. The zero-order valence-corrected chi connectivity index (χ0v) is 12.0. The molecule has 2 aromatic carbocycles. The molecule has 1 heterocycles. The van der Waals surface area contributed by atoms with Gasteiger partial charge in [-0.15, -0.1) is 0 Å². The maximum atomic E-state index is 12.3. The second-order valence-corrected chi connectivity index (χ2v) is 5.34. The Morgan fingerprint density at radius 2 is 1.65 bits per heavy atom. The van der Waals surface area contributed by atoms with Crippen LogP contribution in [0.4, 0.5) is 0 Å². The molecule has 0 amide bonds. The fourth-order valence-corrected chi connectivity index (χ4v) is 2.78. The highest BCUT2D eigenvalue weighted by atomic mass is 35.5. The fraction of sp³-hybridized carbons (Fsp3) is 0.0625. The standard InChI is InChI=1S/C16H11Cl2NO/c17-13-7-3-1-6-12(13)16(20)10-19-9-14(18)11-5-2-4-8-15(11)19/h1-9H,10H2. The summed E-state index contributed by atoms with van der Waals surface area (Å²) in [6, 6.07) is 14.8. The highest BCUT2D eigenvalue weighted by molar-refractivity contribution is 6.35. The van der Waals surface area contributed by atoms with Crippen molar-refractivity contribution in [3.05, 3.63) is 70.3 Å². The van der Waals surface area contributed by atoms with Gasteiger partial charge >= 0.3 is 0 Å². The molecule has 0 bridgehead atoms. The van der Waals surface area contributed by atoms with E-state index in [0.717, 1.165) is 10.9 Å². The zero-order valence-electron chi connectivity index (χ0n) is 10.5. The van der Waals surface area contributed by atoms with Gasteiger partial charge in [-0.1, -0.05) is 53.5 Å². The number of fused-ring (bicyclic) bond motifs is 1. The average molecular weight is 304 g/mol. The number of ketones is 1. The van der Waals surface area contributed by atoms with Crippen molar-refractivity contribution in [1.29, 1.82) is 0 Å². The Balaban J connectivity index is 1.98. The molecule has 0 radical (unpaired) electrons. The van der Waals surface area contributed by atoms with Crippen molar-refractivity contribution in [1.82, 2.24) is 4.57 Å². The van der Waals surface area contributed by atoms with Crippen LogP contribution >= 0.6 is 23.2 Å². The van der Waals surface area contributed by atoms with Gasteiger partial charge in [0.15, 0.2) is 5.78 Å². The number of halogens is 2. The summed E-state index contributed by atoms with van der Waals surface area (Å²) in [5.74, 6) is -0.0342. The minimum Gasteiger partial charge on any atom is -0.338 e. The maximum absolute atomic E-state index is 12.3. The first kappa shape index (κ1) is 13.2. The second kappa shape index (κ2) is 5.31. The molecule has 0 aliphatic carbocycles. The zero-order chi connectivity index (χ0) is 14.1. The largest absolute Gasteiger partial charge is 0.338 e. The van der Waals surface area contributed by atoms with Crippen LogP contribution in [0.1, 0.15) is 10.4 Å². The second-order valence-electron chi connectivity index (χ2n) is 4.53. The molecule has 20 heavy (non-hydrogen) atoms. The molecule has 0 aliphatic rings. The van der Waals surface area contributed by atoms with Crippen molar-refractivity contribution in [3.63, 3.8) is 0 Å². The minimum atomic E-state index is -0.0342. The number of para-hydroxylation sites is 1. The number of hydrogen-bond donors (Lipinski definition) is 0. The molecular formula is C16H11Cl2NO. The molecule has 3 rings (SSSR count). The van der Waals surface area contributed by atoms with Gasteiger partial charge in [-0.3, -0.25) is 4.79 Å². The Labute approximate surface area is 126 Å². The third kappa shape index (κ3) is 2.33. The first-order chi connectivity index (χ1) is 9.66. The summed E-state index contributed by atoms with van der Waals surface area (Å²) >= 11 is 12.2. The summed E-state index contributed by atoms with van der Waals surface area (Å²) < 4.78 is 1.85. The van der Waals surface area contributed by atoms with Crippen molar-refractivity contribution in [2.24, 2.45) is 0 Å². The van der Waals surface area contributed by atoms with Crippen LogP contribution in [0.5, 0.6) is 0 Å². The summed E-state index contributed by atoms with van der Waals surface area (Å²) in [6.45, 7) is 0.219. The highest BCUT2D eigenvalue weighted by Crippen LogP contribution is 2.26. The summed E-state index contributed by atoms with van der Waals surface area (Å²) in [7, 11) is 0. The van der Waals surface area contributed by atoms with Gasteiger partial charge in [0.05, 0.1) is 16.6 Å². The van der Waals surface area contributed by atoms with Crippen LogP contribution in [0, 0.1) is 0 Å². The van der Waals surface area contributed by atoms with Crippen molar-refractivity contribution in [2.75, 3.05) is 0 Å². The van der Waals surface area contributed by atoms with Gasteiger partial charge in [-0.2, -0.15) is 0 Å². The molecule has 2 nitrogen and oxygen atoms in total. The molecule has 100 valence electrons. The van der Waals surface area contributed by atoms with Crippen LogP contribution in [0.25, 0.3) is 10.9 Å². The van der Waals surface area contributed by atoms with E-state index >= 15 is 0 Å². The van der Waals surface area contributed by atoms with E-state index in [9.17, 15) is 4.79 Å². The maximum Gasteiger partial charge on any atom is 0.183 e. The fourth-order valence-electron chi connectivity index (χ4n) is 2.26. The quantitative estimate of drug-likeness (QED) is 0.635. The normalized spacial score (nSPS) is 10.9. The predicted octanol–water partition coefficient (Wildman–Crippen LogP) is 4.83. The van der Waals surface area contributed by atoms with Crippen molar-refractivity contribution < 1.29 is 4.79 Å². The summed E-state index contributed by atoms with van der Waals surface area (Å²) in [5, 5.41) is 2.06. The van der Waals surface area contributed by atoms with Crippen molar-refractivity contribution >= 4 is 39.9 Å². The molecule has 0 N–H and O–H groups in total. The Kier molecular flexibility index (Phi) is 3.51. The van der Waals surface area contributed by atoms with E-state index in [4.69, 9.17) is 23.2 Å². The summed E-state index contributed by atoms with van der Waals surface area (Å²) in [6.07, 6.45) is 1.78. The third-order valence-corrected chi connectivity index (χ3v) is 3.86. The van der Waals surface area contributed by atoms with E-state index in [1.807, 2.05) is 28.8 Å². The van der Waals surface area contributed by atoms with Gasteiger partial charge in [-0.25, -0.2) is 0 Å². The van der Waals surface area contributed by atoms with E-state index in [2.05, 4.69) is 0 Å². The molecule has 0 fully saturated rings. The molecule has 0 saturated heterocycles. The Morgan fingerprint density at radius 3 is 2.45 bits per heavy atom. The van der Waals surface area contributed by atoms with Gasteiger partial charge in [-0.05, 0) is 18.2 Å². The van der Waals surface area contributed by atoms with Crippen LogP contribution in [0.15, 0.2) is 54.7 Å². The van der Waals surface area contributed by atoms with Gasteiger partial charge in [0.1, 0.15) is 0 Å². The van der Waals surface area contributed by atoms with E-state index in [0.29, 0.717) is 15.6 Å². The van der Waals surface area contributed by atoms with Crippen molar-refractivity contribution in [2.45, 2.75) is 6.54 Å². The topological polar surface area (TPSA) is 22.0 Å². The number of carbonyl (C=O) groups is 1. The van der Waals surface area contributed by atoms with Gasteiger partial charge in [0, 0.05) is 22.7 Å². The lowest BCUT2D eigenvalue weighted by Crippen LogP contribution is -2.09. The first-order valence-electron chi connectivity index (χ1n) is 6.18. The van der Waals surface area contributed by atoms with Gasteiger partial charge < -0.3 is 4.57 Å². The number of hydrogen-bond acceptors (Lipinski definition) is 1. The van der Waals surface area contributed by atoms with E-state index in [-0.39, 0.29) is 12.3 Å². The molecule has 0 unspecified atom stereocenters. The van der Waals surface area contributed by atoms with Gasteiger partial charge in [0.25, 0.3) is 0 Å². The molecule has 0 spiro atoms. The lowest BCUT2D eigenvalue weighted by Gasteiger charge is -2.06. The number of carbonyl (C=O) groups excluding carboxylic acids is 1. The van der Waals surface area contributed by atoms with Crippen LogP contribution < -0.4 is 0 Å². The van der Waals surface area contributed by atoms with Crippen molar-refractivity contribution in [3.8, 4) is 0 Å². The summed E-state index contributed by atoms with van der Waals surface area (Å²) in [4.78, 5) is 12.3. The molecule has 3 aromatic rings. The molecular weight excluding hydrogens is 293 g/mol. The molecule has 0 saturated carbocycles. The van der Waals surface area contributed by atoms with Crippen LogP contribution in [-0.4, -0.2) is 10.4 Å². The highest BCUT2D eigenvalue weighted by Gasteiger charge is 2.13.